The van der Waals surface area contributed by atoms with Crippen LogP contribution in [-0.4, -0.2) is 48.1 Å². The van der Waals surface area contributed by atoms with Gasteiger partial charge in [0.15, 0.2) is 0 Å². The average molecular weight is 249 g/mol. The minimum atomic E-state index is 0.591. The highest BCUT2D eigenvalue weighted by Gasteiger charge is 2.22. The quantitative estimate of drug-likeness (QED) is 0.721. The molecular weight excluding hydrogens is 226 g/mol. The topological polar surface area (TPSA) is 53.1 Å². The van der Waals surface area contributed by atoms with Gasteiger partial charge in [-0.05, 0) is 46.8 Å². The summed E-state index contributed by atoms with van der Waals surface area (Å²) in [6.45, 7) is 4.03. The van der Waals surface area contributed by atoms with Gasteiger partial charge in [0.2, 0.25) is 5.95 Å². The summed E-state index contributed by atoms with van der Waals surface area (Å²) in [4.78, 5) is 11.1. The van der Waals surface area contributed by atoms with Crippen LogP contribution >= 0.6 is 0 Å². The molecule has 1 aliphatic rings. The predicted octanol–water partition coefficient (Wildman–Crippen LogP) is 1.72. The van der Waals surface area contributed by atoms with Gasteiger partial charge in [-0.1, -0.05) is 0 Å². The molecule has 2 rings (SSSR count). The van der Waals surface area contributed by atoms with E-state index in [-0.39, 0.29) is 0 Å². The van der Waals surface area contributed by atoms with Gasteiger partial charge in [-0.15, -0.1) is 0 Å². The standard InChI is InChI=1S/C13H23N5/c1-10-9-12(14-7-4-8-18(2)3)17-13(15-10)16-11-5-6-11/h9,11H,4-8H2,1-3H3,(H2,14,15,16,17). The summed E-state index contributed by atoms with van der Waals surface area (Å²) in [6.07, 6.45) is 3.59. The Labute approximate surface area is 109 Å². The molecule has 0 aromatic carbocycles. The van der Waals surface area contributed by atoms with Gasteiger partial charge in [-0.3, -0.25) is 0 Å². The third-order valence-corrected chi connectivity index (χ3v) is 2.85. The van der Waals surface area contributed by atoms with E-state index in [0.29, 0.717) is 6.04 Å². The number of aromatic nitrogens is 2. The maximum Gasteiger partial charge on any atom is 0.225 e. The lowest BCUT2D eigenvalue weighted by Crippen LogP contribution is -2.17. The van der Waals surface area contributed by atoms with Gasteiger partial charge in [0.25, 0.3) is 0 Å². The molecule has 0 spiro atoms. The molecule has 1 saturated carbocycles. The Morgan fingerprint density at radius 2 is 2.11 bits per heavy atom. The molecule has 0 saturated heterocycles. The van der Waals surface area contributed by atoms with E-state index in [4.69, 9.17) is 0 Å². The lowest BCUT2D eigenvalue weighted by molar-refractivity contribution is 0.405. The fraction of sp³-hybridized carbons (Fsp3) is 0.692. The van der Waals surface area contributed by atoms with Crippen molar-refractivity contribution in [2.24, 2.45) is 0 Å². The highest BCUT2D eigenvalue weighted by Crippen LogP contribution is 2.23. The van der Waals surface area contributed by atoms with Gasteiger partial charge >= 0.3 is 0 Å². The Bertz CT molecular complexity index is 387. The third-order valence-electron chi connectivity index (χ3n) is 2.85. The molecule has 0 atom stereocenters. The first-order valence-electron chi connectivity index (χ1n) is 6.64. The molecule has 1 heterocycles. The van der Waals surface area contributed by atoms with Crippen molar-refractivity contribution < 1.29 is 0 Å². The van der Waals surface area contributed by atoms with Crippen LogP contribution in [0, 0.1) is 6.92 Å². The first-order valence-corrected chi connectivity index (χ1v) is 6.64. The van der Waals surface area contributed by atoms with Crippen LogP contribution in [0.4, 0.5) is 11.8 Å². The molecule has 2 N–H and O–H groups in total. The summed E-state index contributed by atoms with van der Waals surface area (Å²) >= 11 is 0. The van der Waals surface area contributed by atoms with Crippen LogP contribution < -0.4 is 10.6 Å². The Balaban J connectivity index is 1.84. The molecule has 0 radical (unpaired) electrons. The zero-order valence-electron chi connectivity index (χ0n) is 11.5. The van der Waals surface area contributed by atoms with E-state index < -0.39 is 0 Å². The van der Waals surface area contributed by atoms with E-state index in [0.717, 1.165) is 37.0 Å². The molecule has 5 heteroatoms. The molecule has 0 bridgehead atoms. The van der Waals surface area contributed by atoms with Gasteiger partial charge in [0.1, 0.15) is 5.82 Å². The van der Waals surface area contributed by atoms with Crippen LogP contribution in [0.5, 0.6) is 0 Å². The van der Waals surface area contributed by atoms with Crippen molar-refractivity contribution >= 4 is 11.8 Å². The van der Waals surface area contributed by atoms with E-state index in [1.807, 2.05) is 13.0 Å². The van der Waals surface area contributed by atoms with Crippen molar-refractivity contribution in [2.45, 2.75) is 32.2 Å². The fourth-order valence-electron chi connectivity index (χ4n) is 1.75. The van der Waals surface area contributed by atoms with Crippen LogP contribution in [-0.2, 0) is 0 Å². The molecule has 0 aliphatic heterocycles. The average Bonchev–Trinajstić information content (AvgIpc) is 3.07. The largest absolute Gasteiger partial charge is 0.370 e. The van der Waals surface area contributed by atoms with Crippen LogP contribution in [0.2, 0.25) is 0 Å². The number of hydrogen-bond acceptors (Lipinski definition) is 5. The zero-order valence-corrected chi connectivity index (χ0v) is 11.5. The van der Waals surface area contributed by atoms with E-state index in [9.17, 15) is 0 Å². The van der Waals surface area contributed by atoms with Crippen molar-refractivity contribution in [3.8, 4) is 0 Å². The Kier molecular flexibility index (Phi) is 4.36. The monoisotopic (exact) mass is 249 g/mol. The van der Waals surface area contributed by atoms with Gasteiger partial charge in [-0.25, -0.2) is 4.98 Å². The molecular formula is C13H23N5. The lowest BCUT2D eigenvalue weighted by Gasteiger charge is -2.11. The number of hydrogen-bond donors (Lipinski definition) is 2. The molecule has 1 aliphatic carbocycles. The predicted molar refractivity (Wildman–Crippen MR) is 75.1 cm³/mol. The maximum atomic E-state index is 4.48. The number of nitrogens with zero attached hydrogens (tertiary/aromatic N) is 3. The minimum Gasteiger partial charge on any atom is -0.370 e. The Morgan fingerprint density at radius 1 is 1.33 bits per heavy atom. The molecule has 100 valence electrons. The lowest BCUT2D eigenvalue weighted by atomic mass is 10.4. The highest BCUT2D eigenvalue weighted by molar-refractivity contribution is 5.43. The van der Waals surface area contributed by atoms with E-state index in [1.54, 1.807) is 0 Å². The number of nitrogens with one attached hydrogen (secondary N) is 2. The second-order valence-corrected chi connectivity index (χ2v) is 5.22. The molecule has 1 aromatic heterocycles. The van der Waals surface area contributed by atoms with Crippen molar-refractivity contribution in [1.82, 2.24) is 14.9 Å². The zero-order chi connectivity index (χ0) is 13.0. The number of rotatable bonds is 7. The van der Waals surface area contributed by atoms with Crippen LogP contribution in [0.3, 0.4) is 0 Å². The van der Waals surface area contributed by atoms with Crippen molar-refractivity contribution in [2.75, 3.05) is 37.8 Å². The smallest absolute Gasteiger partial charge is 0.225 e. The Hall–Kier alpha value is -1.36. The normalized spacial score (nSPS) is 14.9. The summed E-state index contributed by atoms with van der Waals surface area (Å²) in [6, 6.07) is 2.58. The second-order valence-electron chi connectivity index (χ2n) is 5.22. The van der Waals surface area contributed by atoms with Gasteiger partial charge < -0.3 is 15.5 Å². The molecule has 18 heavy (non-hydrogen) atoms. The van der Waals surface area contributed by atoms with Crippen LogP contribution in [0.1, 0.15) is 25.0 Å². The minimum absolute atomic E-state index is 0.591. The summed E-state index contributed by atoms with van der Waals surface area (Å²) in [7, 11) is 4.18. The maximum absolute atomic E-state index is 4.48. The van der Waals surface area contributed by atoms with Crippen LogP contribution in [0.25, 0.3) is 0 Å². The van der Waals surface area contributed by atoms with E-state index in [1.165, 1.54) is 12.8 Å². The summed E-state index contributed by atoms with van der Waals surface area (Å²) in [5, 5.41) is 6.69. The molecule has 5 nitrogen and oxygen atoms in total. The van der Waals surface area contributed by atoms with E-state index >= 15 is 0 Å². The fourth-order valence-corrected chi connectivity index (χ4v) is 1.75. The van der Waals surface area contributed by atoms with Gasteiger partial charge in [-0.2, -0.15) is 4.98 Å². The molecule has 0 amide bonds. The molecule has 1 fully saturated rings. The first kappa shape index (κ1) is 13.1. The second kappa shape index (κ2) is 6.00. The molecule has 0 unspecified atom stereocenters. The van der Waals surface area contributed by atoms with Crippen molar-refractivity contribution in [3.63, 3.8) is 0 Å². The highest BCUT2D eigenvalue weighted by atomic mass is 15.2. The van der Waals surface area contributed by atoms with Gasteiger partial charge in [0, 0.05) is 24.3 Å². The summed E-state index contributed by atoms with van der Waals surface area (Å²) in [5.41, 5.74) is 1.00. The van der Waals surface area contributed by atoms with Gasteiger partial charge in [0.05, 0.1) is 0 Å². The molecule has 1 aromatic rings. The first-order chi connectivity index (χ1) is 8.63. The number of aryl methyl sites for hydroxylation is 1. The third kappa shape index (κ3) is 4.49. The number of anilines is 2. The SMILES string of the molecule is Cc1cc(NCCCN(C)C)nc(NC2CC2)n1. The van der Waals surface area contributed by atoms with Crippen molar-refractivity contribution in [1.29, 1.82) is 0 Å². The van der Waals surface area contributed by atoms with Crippen molar-refractivity contribution in [3.05, 3.63) is 11.8 Å². The Morgan fingerprint density at radius 3 is 2.78 bits per heavy atom. The summed E-state index contributed by atoms with van der Waals surface area (Å²) in [5.74, 6) is 1.68. The van der Waals surface area contributed by atoms with Crippen LogP contribution in [0.15, 0.2) is 6.07 Å². The van der Waals surface area contributed by atoms with E-state index in [2.05, 4.69) is 39.6 Å². The summed E-state index contributed by atoms with van der Waals surface area (Å²) < 4.78 is 0.